The number of sulfone groups is 1. The third-order valence-corrected chi connectivity index (χ3v) is 23.2. The van der Waals surface area contributed by atoms with Gasteiger partial charge in [0.2, 0.25) is 0 Å². The van der Waals surface area contributed by atoms with Crippen molar-refractivity contribution in [3.8, 4) is 0 Å². The number of hydrogen-bond acceptors (Lipinski definition) is 5. The van der Waals surface area contributed by atoms with Crippen molar-refractivity contribution in [2.75, 3.05) is 12.4 Å². The summed E-state index contributed by atoms with van der Waals surface area (Å²) < 4.78 is 42.4. The second-order valence-corrected chi connectivity index (χ2v) is 26.7. The Bertz CT molecular complexity index is 1660. The summed E-state index contributed by atoms with van der Waals surface area (Å²) in [7, 11) is -8.22. The van der Waals surface area contributed by atoms with Crippen molar-refractivity contribution in [1.29, 1.82) is 0 Å². The van der Waals surface area contributed by atoms with Gasteiger partial charge in [-0.05, 0) is 82.8 Å². The van der Waals surface area contributed by atoms with Gasteiger partial charge < -0.3 is 8.85 Å². The molecule has 4 aromatic rings. The zero-order valence-corrected chi connectivity index (χ0v) is 35.1. The molecule has 274 valence electrons. The maximum Gasteiger partial charge on any atom is 0.261 e. The molecule has 0 radical (unpaired) electrons. The molecule has 0 saturated carbocycles. The molecule has 2 atom stereocenters. The van der Waals surface area contributed by atoms with Crippen LogP contribution in [0.3, 0.4) is 0 Å². The lowest BCUT2D eigenvalue weighted by Crippen LogP contribution is -2.66. The Morgan fingerprint density at radius 3 is 1.69 bits per heavy atom. The van der Waals surface area contributed by atoms with Crippen molar-refractivity contribution in [3.63, 3.8) is 0 Å². The third kappa shape index (κ3) is 10.7. The van der Waals surface area contributed by atoms with E-state index < -0.39 is 31.7 Å². The summed E-state index contributed by atoms with van der Waals surface area (Å²) >= 11 is 1.71. The Hall–Kier alpha value is -2.73. The van der Waals surface area contributed by atoms with Crippen molar-refractivity contribution < 1.29 is 17.3 Å². The highest BCUT2D eigenvalue weighted by Gasteiger charge is 2.50. The fraction of sp³-hybridized carbons (Fsp3) is 0.395. The molecule has 0 fully saturated rings. The average Bonchev–Trinajstić information content (AvgIpc) is 3.15. The molecular formula is C43H58O4S2Si2. The molecule has 1 unspecified atom stereocenters. The van der Waals surface area contributed by atoms with Gasteiger partial charge in [0, 0.05) is 11.5 Å². The predicted octanol–water partition coefficient (Wildman–Crippen LogP) is 10.3. The Labute approximate surface area is 315 Å². The number of thioether (sulfide) groups is 1. The van der Waals surface area contributed by atoms with E-state index in [0.717, 1.165) is 28.8 Å². The summed E-state index contributed by atoms with van der Waals surface area (Å²) in [6.07, 6.45) is 5.76. The van der Waals surface area contributed by atoms with Gasteiger partial charge >= 0.3 is 0 Å². The highest BCUT2D eigenvalue weighted by molar-refractivity contribution is 7.99. The van der Waals surface area contributed by atoms with Crippen LogP contribution in [0.25, 0.3) is 0 Å². The first kappa shape index (κ1) is 41.0. The fourth-order valence-electron chi connectivity index (χ4n) is 7.01. The minimum Gasteiger partial charge on any atom is -0.410 e. The lowest BCUT2D eigenvalue weighted by atomic mass is 10.2. The van der Waals surface area contributed by atoms with Gasteiger partial charge in [0.15, 0.2) is 18.2 Å². The quantitative estimate of drug-likeness (QED) is 0.0510. The highest BCUT2D eigenvalue weighted by atomic mass is 32.2. The fourth-order valence-corrected chi connectivity index (χ4v) is 17.3. The van der Waals surface area contributed by atoms with Gasteiger partial charge in [-0.3, -0.25) is 0 Å². The van der Waals surface area contributed by atoms with E-state index >= 15 is 0 Å². The topological polar surface area (TPSA) is 52.6 Å². The normalized spacial score (nSPS) is 14.1. The van der Waals surface area contributed by atoms with E-state index in [2.05, 4.69) is 126 Å². The molecule has 0 spiro atoms. The molecule has 0 bridgehead atoms. The molecule has 0 aliphatic heterocycles. The summed E-state index contributed by atoms with van der Waals surface area (Å²) in [6.45, 7) is 14.2. The average molecular weight is 759 g/mol. The summed E-state index contributed by atoms with van der Waals surface area (Å²) in [5, 5.41) is 1.87. The molecule has 4 aromatic carbocycles. The predicted molar refractivity (Wildman–Crippen MR) is 223 cm³/mol. The zero-order valence-electron chi connectivity index (χ0n) is 31.5. The molecule has 0 aromatic heterocycles. The van der Waals surface area contributed by atoms with Crippen molar-refractivity contribution in [3.05, 3.63) is 133 Å². The van der Waals surface area contributed by atoms with Gasteiger partial charge in [-0.25, -0.2) is 8.42 Å². The van der Waals surface area contributed by atoms with Crippen LogP contribution in [0.1, 0.15) is 60.8 Å². The molecule has 0 amide bonds. The Morgan fingerprint density at radius 1 is 0.706 bits per heavy atom. The van der Waals surface area contributed by atoms with E-state index in [0.29, 0.717) is 30.8 Å². The standard InChI is InChI=1S/C43H58O4S2Si2/c1-7-50(8-2,9-3)47-37(33-35-46-51(43(4,5)6,41-29-18-12-19-30-41)42-31-20-13-21-32-42)23-22-28-40(34-36-48-38-24-14-10-15-25-38)49(44,45)39-26-16-11-17-27-39/h10-27,29-32,37,40H,7-9,28,33-36H2,1-6H3/b23-22-/t37-,40?/m0/s1. The van der Waals surface area contributed by atoms with Gasteiger partial charge in [-0.2, -0.15) is 0 Å². The van der Waals surface area contributed by atoms with Crippen LogP contribution >= 0.6 is 11.8 Å². The largest absolute Gasteiger partial charge is 0.410 e. The van der Waals surface area contributed by atoms with E-state index in [1.165, 1.54) is 10.4 Å². The van der Waals surface area contributed by atoms with E-state index in [4.69, 9.17) is 8.85 Å². The molecule has 0 heterocycles. The van der Waals surface area contributed by atoms with Crippen LogP contribution in [0.2, 0.25) is 23.2 Å². The first-order valence-corrected chi connectivity index (χ1v) is 25.5. The molecule has 4 rings (SSSR count). The van der Waals surface area contributed by atoms with Crippen LogP contribution in [0.5, 0.6) is 0 Å². The molecule has 0 N–H and O–H groups in total. The lowest BCUT2D eigenvalue weighted by Gasteiger charge is -2.43. The number of hydrogen-bond donors (Lipinski definition) is 0. The summed E-state index contributed by atoms with van der Waals surface area (Å²) in [5.74, 6) is 0.721. The summed E-state index contributed by atoms with van der Waals surface area (Å²) in [6, 6.07) is 43.7. The molecule has 0 aliphatic carbocycles. The number of allylic oxidation sites excluding steroid dienone is 1. The van der Waals surface area contributed by atoms with Gasteiger partial charge in [0.05, 0.1) is 16.2 Å². The Morgan fingerprint density at radius 2 is 1.20 bits per heavy atom. The van der Waals surface area contributed by atoms with Crippen molar-refractivity contribution in [2.45, 2.75) is 105 Å². The monoisotopic (exact) mass is 758 g/mol. The van der Waals surface area contributed by atoms with Gasteiger partial charge in [0.25, 0.3) is 8.32 Å². The highest BCUT2D eigenvalue weighted by Crippen LogP contribution is 2.37. The van der Waals surface area contributed by atoms with Gasteiger partial charge in [-0.15, -0.1) is 11.8 Å². The Kier molecular flexibility index (Phi) is 15.6. The zero-order chi connectivity index (χ0) is 36.8. The van der Waals surface area contributed by atoms with Crippen LogP contribution in [-0.4, -0.2) is 48.8 Å². The third-order valence-electron chi connectivity index (χ3n) is 10.2. The van der Waals surface area contributed by atoms with E-state index in [9.17, 15) is 8.42 Å². The number of rotatable bonds is 20. The van der Waals surface area contributed by atoms with E-state index in [1.54, 1.807) is 36.0 Å². The smallest absolute Gasteiger partial charge is 0.261 e. The Balaban J connectivity index is 1.61. The van der Waals surface area contributed by atoms with Crippen molar-refractivity contribution in [2.24, 2.45) is 0 Å². The first-order valence-electron chi connectivity index (χ1n) is 18.6. The van der Waals surface area contributed by atoms with Crippen molar-refractivity contribution in [1.82, 2.24) is 0 Å². The lowest BCUT2D eigenvalue weighted by molar-refractivity contribution is 0.182. The number of benzene rings is 4. The molecule has 51 heavy (non-hydrogen) atoms. The van der Waals surface area contributed by atoms with E-state index in [1.807, 2.05) is 24.3 Å². The van der Waals surface area contributed by atoms with Gasteiger partial charge in [-0.1, -0.05) is 151 Å². The van der Waals surface area contributed by atoms with Crippen LogP contribution in [0.4, 0.5) is 0 Å². The molecule has 8 heteroatoms. The maximum atomic E-state index is 14.0. The van der Waals surface area contributed by atoms with Crippen LogP contribution in [0.15, 0.2) is 143 Å². The maximum absolute atomic E-state index is 14.0. The van der Waals surface area contributed by atoms with Crippen LogP contribution in [0, 0.1) is 0 Å². The summed E-state index contributed by atoms with van der Waals surface area (Å²) in [5.41, 5.74) is 0. The van der Waals surface area contributed by atoms with Crippen molar-refractivity contribution >= 4 is 48.6 Å². The SMILES string of the molecule is CC[Si](CC)(CC)O[C@@H](/C=C\CC(CCSc1ccccc1)S(=O)(=O)c1ccccc1)CCO[Si](c1ccccc1)(c1ccccc1)C(C)(C)C. The van der Waals surface area contributed by atoms with Crippen LogP contribution < -0.4 is 10.4 Å². The second kappa shape index (κ2) is 19.4. The van der Waals surface area contributed by atoms with Crippen LogP contribution in [-0.2, 0) is 18.7 Å². The second-order valence-electron chi connectivity index (χ2n) is 14.3. The molecular weight excluding hydrogens is 701 g/mol. The molecule has 0 aliphatic rings. The van der Waals surface area contributed by atoms with E-state index in [-0.39, 0.29) is 11.1 Å². The minimum atomic E-state index is -3.53. The molecule has 4 nitrogen and oxygen atoms in total. The minimum absolute atomic E-state index is 0.118. The van der Waals surface area contributed by atoms with Gasteiger partial charge in [0.1, 0.15) is 0 Å². The molecule has 0 saturated heterocycles. The summed E-state index contributed by atoms with van der Waals surface area (Å²) in [4.78, 5) is 1.53. The first-order chi connectivity index (χ1) is 24.5.